The van der Waals surface area contributed by atoms with Gasteiger partial charge in [-0.15, -0.1) is 0 Å². The lowest BCUT2D eigenvalue weighted by Crippen LogP contribution is -2.38. The van der Waals surface area contributed by atoms with Crippen molar-refractivity contribution in [2.24, 2.45) is 5.92 Å². The van der Waals surface area contributed by atoms with Crippen LogP contribution in [-0.4, -0.2) is 13.5 Å². The Balaban J connectivity index is 2.69. The first kappa shape index (κ1) is 11.0. The Morgan fingerprint density at radius 1 is 1.23 bits per heavy atom. The number of alkyl halides is 1. The van der Waals surface area contributed by atoms with Crippen LogP contribution in [0.4, 0.5) is 0 Å². The van der Waals surface area contributed by atoms with E-state index >= 15 is 0 Å². The fourth-order valence-electron chi connectivity index (χ4n) is 0.948. The van der Waals surface area contributed by atoms with E-state index in [-0.39, 0.29) is 3.95 Å². The molecule has 0 aliphatic heterocycles. The summed E-state index contributed by atoms with van der Waals surface area (Å²) in [6, 6.07) is 10.7. The number of halogens is 1. The second-order valence-electron chi connectivity index (χ2n) is 3.72. The van der Waals surface area contributed by atoms with E-state index in [4.69, 9.17) is 0 Å². The lowest BCUT2D eigenvalue weighted by Gasteiger charge is -2.26. The van der Waals surface area contributed by atoms with Gasteiger partial charge in [-0.1, -0.05) is 72.2 Å². The molecule has 0 saturated carbocycles. The van der Waals surface area contributed by atoms with Gasteiger partial charge in [0.1, 0.15) is 9.52 Å². The van der Waals surface area contributed by atoms with Crippen molar-refractivity contribution in [1.82, 2.24) is 0 Å². The molecule has 0 amide bonds. The molecule has 0 heterocycles. The van der Waals surface area contributed by atoms with E-state index < -0.39 is 0 Å². The molecule has 0 aromatic heterocycles. The summed E-state index contributed by atoms with van der Waals surface area (Å²) in [6.45, 7) is 6.78. The van der Waals surface area contributed by atoms with Gasteiger partial charge in [0, 0.05) is 3.95 Å². The summed E-state index contributed by atoms with van der Waals surface area (Å²) >= 11 is 3.80. The quantitative estimate of drug-likeness (QED) is 0.575. The Labute approximate surface area is 91.7 Å². The predicted molar refractivity (Wildman–Crippen MR) is 64.0 cm³/mol. The average Bonchev–Trinajstić information content (AvgIpc) is 2.05. The van der Waals surface area contributed by atoms with Gasteiger partial charge < -0.3 is 0 Å². The summed E-state index contributed by atoms with van der Waals surface area (Å²) in [6.07, 6.45) is 0. The van der Waals surface area contributed by atoms with E-state index in [2.05, 4.69) is 67.0 Å². The highest BCUT2D eigenvalue weighted by molar-refractivity contribution is 9.10. The Kier molecular flexibility index (Phi) is 3.74. The first-order valence-electron chi connectivity index (χ1n) is 4.54. The van der Waals surface area contributed by atoms with Crippen LogP contribution in [0.1, 0.15) is 20.8 Å². The lowest BCUT2D eigenvalue weighted by atomic mass is 10.1. The molecular weight excluding hydrogens is 240 g/mol. The molecule has 2 radical (unpaired) electrons. The third-order valence-corrected chi connectivity index (χ3v) is 5.45. The zero-order valence-electron chi connectivity index (χ0n) is 8.34. The topological polar surface area (TPSA) is 0 Å². The second kappa shape index (κ2) is 4.42. The van der Waals surface area contributed by atoms with E-state index in [9.17, 15) is 0 Å². The summed E-state index contributed by atoms with van der Waals surface area (Å²) in [4.78, 5) is 0. The number of hydrogen-bond acceptors (Lipinski definition) is 0. The van der Waals surface area contributed by atoms with Gasteiger partial charge in [-0.25, -0.2) is 0 Å². The van der Waals surface area contributed by atoms with Crippen molar-refractivity contribution in [2.45, 2.75) is 24.7 Å². The Hall–Kier alpha value is -0.0831. The molecule has 0 N–H and O–H groups in total. The van der Waals surface area contributed by atoms with Crippen LogP contribution in [0.5, 0.6) is 0 Å². The van der Waals surface area contributed by atoms with Crippen LogP contribution in [0.2, 0.25) is 0 Å². The fourth-order valence-corrected chi connectivity index (χ4v) is 2.85. The van der Waals surface area contributed by atoms with Gasteiger partial charge in [0.15, 0.2) is 0 Å². The molecule has 13 heavy (non-hydrogen) atoms. The van der Waals surface area contributed by atoms with Crippen LogP contribution in [0.25, 0.3) is 0 Å². The monoisotopic (exact) mass is 254 g/mol. The first-order valence-corrected chi connectivity index (χ1v) is 6.34. The molecule has 1 aromatic carbocycles. The summed E-state index contributed by atoms with van der Waals surface area (Å²) in [5.74, 6) is 0.658. The minimum atomic E-state index is 0.244. The normalized spacial score (nSPS) is 15.8. The number of benzene rings is 1. The maximum atomic E-state index is 3.80. The van der Waals surface area contributed by atoms with Crippen molar-refractivity contribution in [3.8, 4) is 0 Å². The van der Waals surface area contributed by atoms with Crippen LogP contribution in [0.15, 0.2) is 30.3 Å². The highest BCUT2D eigenvalue weighted by Gasteiger charge is 2.25. The predicted octanol–water partition coefficient (Wildman–Crippen LogP) is 2.78. The van der Waals surface area contributed by atoms with Crippen LogP contribution in [0, 0.1) is 5.92 Å². The van der Waals surface area contributed by atoms with Crippen molar-refractivity contribution in [3.05, 3.63) is 30.3 Å². The molecular formula is C11H15BrSi. The van der Waals surface area contributed by atoms with Crippen molar-refractivity contribution < 1.29 is 0 Å². The summed E-state index contributed by atoms with van der Waals surface area (Å²) < 4.78 is 0.244. The van der Waals surface area contributed by atoms with Crippen LogP contribution in [-0.2, 0) is 0 Å². The Morgan fingerprint density at radius 2 is 1.77 bits per heavy atom. The highest BCUT2D eigenvalue weighted by Crippen LogP contribution is 2.25. The van der Waals surface area contributed by atoms with Gasteiger partial charge >= 0.3 is 0 Å². The van der Waals surface area contributed by atoms with Crippen molar-refractivity contribution >= 4 is 30.6 Å². The summed E-state index contributed by atoms with van der Waals surface area (Å²) in [5.41, 5.74) is 0. The molecule has 0 spiro atoms. The second-order valence-corrected chi connectivity index (χ2v) is 7.97. The van der Waals surface area contributed by atoms with Crippen LogP contribution < -0.4 is 5.19 Å². The zero-order valence-corrected chi connectivity index (χ0v) is 10.9. The molecule has 0 aliphatic rings. The molecule has 0 aliphatic carbocycles. The number of rotatable bonds is 3. The molecule has 0 fully saturated rings. The molecule has 0 saturated heterocycles. The van der Waals surface area contributed by atoms with Crippen molar-refractivity contribution in [3.63, 3.8) is 0 Å². The maximum Gasteiger partial charge on any atom is 0.102 e. The minimum absolute atomic E-state index is 0.244. The maximum absolute atomic E-state index is 3.80. The molecule has 1 rings (SSSR count). The van der Waals surface area contributed by atoms with Crippen LogP contribution >= 0.6 is 15.9 Å². The van der Waals surface area contributed by atoms with Gasteiger partial charge in [0.05, 0.1) is 0 Å². The van der Waals surface area contributed by atoms with Crippen molar-refractivity contribution in [1.29, 1.82) is 0 Å². The third kappa shape index (κ3) is 3.28. The van der Waals surface area contributed by atoms with E-state index in [1.165, 1.54) is 5.19 Å². The van der Waals surface area contributed by atoms with E-state index in [1.54, 1.807) is 0 Å². The molecule has 1 aromatic rings. The van der Waals surface area contributed by atoms with Gasteiger partial charge in [0.2, 0.25) is 0 Å². The average molecular weight is 255 g/mol. The summed E-state index contributed by atoms with van der Waals surface area (Å²) in [7, 11) is 0.828. The molecule has 0 nitrogen and oxygen atoms in total. The van der Waals surface area contributed by atoms with Gasteiger partial charge in [0.25, 0.3) is 0 Å². The first-order chi connectivity index (χ1) is 6.02. The Bertz CT molecular complexity index is 254. The molecule has 1 atom stereocenters. The summed E-state index contributed by atoms with van der Waals surface area (Å²) in [5, 5.41) is 1.43. The number of hydrogen-bond donors (Lipinski definition) is 0. The smallest absolute Gasteiger partial charge is 0.0890 e. The lowest BCUT2D eigenvalue weighted by molar-refractivity contribution is 0.601. The standard InChI is InChI=1S/C11H15BrSi/c1-9(2)11(3,12)13-10-7-5-4-6-8-10/h4-9H,1-3H3. The Morgan fingerprint density at radius 3 is 2.23 bits per heavy atom. The fraction of sp³-hybridized carbons (Fsp3) is 0.455. The zero-order chi connectivity index (χ0) is 9.90. The van der Waals surface area contributed by atoms with Crippen molar-refractivity contribution in [2.75, 3.05) is 0 Å². The van der Waals surface area contributed by atoms with Gasteiger partial charge in [-0.3, -0.25) is 0 Å². The molecule has 2 heteroatoms. The SMILES string of the molecule is CC(C)C(C)(Br)[Si]c1ccccc1. The van der Waals surface area contributed by atoms with E-state index in [0.717, 1.165) is 9.52 Å². The third-order valence-electron chi connectivity index (χ3n) is 2.25. The molecule has 0 bridgehead atoms. The molecule has 1 unspecified atom stereocenters. The van der Waals surface area contributed by atoms with E-state index in [1.807, 2.05) is 0 Å². The molecule has 70 valence electrons. The van der Waals surface area contributed by atoms with Gasteiger partial charge in [-0.05, 0) is 5.92 Å². The largest absolute Gasteiger partial charge is 0.102 e. The van der Waals surface area contributed by atoms with Crippen LogP contribution in [0.3, 0.4) is 0 Å². The highest BCUT2D eigenvalue weighted by atomic mass is 79.9. The van der Waals surface area contributed by atoms with E-state index in [0.29, 0.717) is 5.92 Å². The van der Waals surface area contributed by atoms with Gasteiger partial charge in [-0.2, -0.15) is 0 Å². The minimum Gasteiger partial charge on any atom is -0.0890 e.